The third-order valence-corrected chi connectivity index (χ3v) is 5.76. The lowest BCUT2D eigenvalue weighted by Crippen LogP contribution is -1.92. The van der Waals surface area contributed by atoms with Crippen LogP contribution in [0.3, 0.4) is 0 Å². The van der Waals surface area contributed by atoms with Gasteiger partial charge in [-0.2, -0.15) is 5.26 Å². The van der Waals surface area contributed by atoms with E-state index in [1.54, 1.807) is 11.3 Å². The minimum absolute atomic E-state index is 0.760. The number of hydrogen-bond acceptors (Lipinski definition) is 5. The van der Waals surface area contributed by atoms with Gasteiger partial charge in [-0.1, -0.05) is 26.2 Å². The average Bonchev–Trinajstić information content (AvgIpc) is 3.10. The lowest BCUT2D eigenvalue weighted by atomic mass is 10.1. The summed E-state index contributed by atoms with van der Waals surface area (Å²) >= 11 is 3.18. The van der Waals surface area contributed by atoms with Gasteiger partial charge >= 0.3 is 0 Å². The second-order valence-corrected chi connectivity index (χ2v) is 7.45. The van der Waals surface area contributed by atoms with E-state index in [1.807, 2.05) is 18.5 Å². The second kappa shape index (κ2) is 6.99. The lowest BCUT2D eigenvalue weighted by molar-refractivity contribution is 0.665. The average molecular weight is 327 g/mol. The molecule has 0 atom stereocenters. The first-order valence-corrected chi connectivity index (χ1v) is 9.18. The molecular formula is C17H17N3S2. The first-order chi connectivity index (χ1) is 10.8. The molecule has 0 saturated carbocycles. The Morgan fingerprint density at radius 3 is 2.50 bits per heavy atom. The summed E-state index contributed by atoms with van der Waals surface area (Å²) < 4.78 is 2.28. The fourth-order valence-electron chi connectivity index (χ4n) is 2.37. The highest BCUT2D eigenvalue weighted by Gasteiger charge is 2.10. The topological polar surface area (TPSA) is 49.6 Å². The highest BCUT2D eigenvalue weighted by molar-refractivity contribution is 7.29. The van der Waals surface area contributed by atoms with E-state index < -0.39 is 0 Å². The van der Waals surface area contributed by atoms with Crippen LogP contribution in [-0.2, 0) is 6.42 Å². The smallest absolute Gasteiger partial charge is 0.169 e. The van der Waals surface area contributed by atoms with Crippen molar-refractivity contribution in [1.82, 2.24) is 9.97 Å². The molecule has 112 valence electrons. The van der Waals surface area contributed by atoms with Crippen molar-refractivity contribution in [3.8, 4) is 16.8 Å². The van der Waals surface area contributed by atoms with Crippen molar-refractivity contribution in [2.45, 2.75) is 39.0 Å². The van der Waals surface area contributed by atoms with Crippen molar-refractivity contribution in [1.29, 1.82) is 5.26 Å². The number of nitrogens with zero attached hydrogens (tertiary/aromatic N) is 3. The van der Waals surface area contributed by atoms with Gasteiger partial charge in [-0.15, -0.1) is 22.7 Å². The summed E-state index contributed by atoms with van der Waals surface area (Å²) in [7, 11) is 0. The maximum atomic E-state index is 8.92. The van der Waals surface area contributed by atoms with Gasteiger partial charge in [-0.25, -0.2) is 9.97 Å². The van der Waals surface area contributed by atoms with E-state index in [4.69, 9.17) is 5.26 Å². The van der Waals surface area contributed by atoms with Crippen LogP contribution >= 0.6 is 22.7 Å². The summed E-state index contributed by atoms with van der Waals surface area (Å²) in [6, 6.07) is 6.22. The molecule has 0 fully saturated rings. The van der Waals surface area contributed by atoms with Crippen molar-refractivity contribution in [3.63, 3.8) is 0 Å². The van der Waals surface area contributed by atoms with Crippen molar-refractivity contribution in [3.05, 3.63) is 35.0 Å². The van der Waals surface area contributed by atoms with Gasteiger partial charge < -0.3 is 0 Å². The molecule has 0 radical (unpaired) electrons. The molecule has 0 amide bonds. The molecule has 0 saturated heterocycles. The second-order valence-electron chi connectivity index (χ2n) is 5.29. The molecule has 5 heteroatoms. The highest BCUT2D eigenvalue weighted by Crippen LogP contribution is 2.36. The normalized spacial score (nSPS) is 10.9. The van der Waals surface area contributed by atoms with Gasteiger partial charge in [0.25, 0.3) is 0 Å². The molecule has 0 bridgehead atoms. The minimum atomic E-state index is 0.760. The molecule has 0 aliphatic heterocycles. The summed E-state index contributed by atoms with van der Waals surface area (Å²) in [4.78, 5) is 10.8. The van der Waals surface area contributed by atoms with Crippen molar-refractivity contribution >= 4 is 32.1 Å². The highest BCUT2D eigenvalue weighted by atomic mass is 32.1. The van der Waals surface area contributed by atoms with E-state index in [-0.39, 0.29) is 0 Å². The Labute approximate surface area is 138 Å². The third kappa shape index (κ3) is 3.34. The Balaban J connectivity index is 1.71. The van der Waals surface area contributed by atoms with Gasteiger partial charge in [0.2, 0.25) is 0 Å². The zero-order valence-electron chi connectivity index (χ0n) is 12.5. The van der Waals surface area contributed by atoms with Crippen LogP contribution in [0.25, 0.3) is 20.1 Å². The lowest BCUT2D eigenvalue weighted by Gasteiger charge is -2.01. The molecule has 0 unspecified atom stereocenters. The van der Waals surface area contributed by atoms with Gasteiger partial charge in [0, 0.05) is 21.8 Å². The molecule has 0 spiro atoms. The zero-order chi connectivity index (χ0) is 15.4. The number of aryl methyl sites for hydroxylation is 1. The van der Waals surface area contributed by atoms with Gasteiger partial charge in [0.15, 0.2) is 5.82 Å². The predicted octanol–water partition coefficient (Wildman–Crippen LogP) is 5.41. The Kier molecular flexibility index (Phi) is 4.81. The molecule has 3 aromatic heterocycles. The van der Waals surface area contributed by atoms with Gasteiger partial charge in [-0.3, -0.25) is 0 Å². The molecule has 22 heavy (non-hydrogen) atoms. The van der Waals surface area contributed by atoms with Crippen LogP contribution in [0.4, 0.5) is 0 Å². The fraction of sp³-hybridized carbons (Fsp3) is 0.353. The van der Waals surface area contributed by atoms with Crippen LogP contribution in [0.1, 0.15) is 43.0 Å². The summed E-state index contributed by atoms with van der Waals surface area (Å²) in [6.45, 7) is 2.23. The molecule has 3 nitrogen and oxygen atoms in total. The van der Waals surface area contributed by atoms with Crippen LogP contribution in [0, 0.1) is 11.3 Å². The van der Waals surface area contributed by atoms with E-state index in [9.17, 15) is 0 Å². The molecule has 3 rings (SSSR count). The summed E-state index contributed by atoms with van der Waals surface area (Å²) in [5.41, 5.74) is 1.21. The SMILES string of the molecule is CCCCCCc1cnc(-c2cc3sc(C#N)cc3s2)nc1. The Bertz CT molecular complexity index is 762. The maximum absolute atomic E-state index is 8.92. The van der Waals surface area contributed by atoms with E-state index in [0.717, 1.165) is 31.4 Å². The van der Waals surface area contributed by atoms with Gasteiger partial charge in [-0.05, 0) is 30.5 Å². The first kappa shape index (κ1) is 15.1. The summed E-state index contributed by atoms with van der Waals surface area (Å²) in [5, 5.41) is 8.92. The molecule has 0 N–H and O–H groups in total. The van der Waals surface area contributed by atoms with Crippen molar-refractivity contribution < 1.29 is 0 Å². The largest absolute Gasteiger partial charge is 0.236 e. The number of aromatic nitrogens is 2. The maximum Gasteiger partial charge on any atom is 0.169 e. The molecule has 3 aromatic rings. The van der Waals surface area contributed by atoms with Crippen molar-refractivity contribution in [2.24, 2.45) is 0 Å². The van der Waals surface area contributed by atoms with Crippen LogP contribution in [-0.4, -0.2) is 9.97 Å². The molecule has 0 aliphatic rings. The third-order valence-electron chi connectivity index (χ3n) is 3.56. The minimum Gasteiger partial charge on any atom is -0.236 e. The molecular weight excluding hydrogens is 310 g/mol. The monoisotopic (exact) mass is 327 g/mol. The van der Waals surface area contributed by atoms with Crippen LogP contribution < -0.4 is 0 Å². The van der Waals surface area contributed by atoms with E-state index in [2.05, 4.69) is 29.0 Å². The number of hydrogen-bond donors (Lipinski definition) is 0. The number of fused-ring (bicyclic) bond motifs is 1. The molecule has 0 aliphatic carbocycles. The van der Waals surface area contributed by atoms with Crippen LogP contribution in [0.2, 0.25) is 0 Å². The number of unbranched alkanes of at least 4 members (excludes halogenated alkanes) is 3. The van der Waals surface area contributed by atoms with Gasteiger partial charge in [0.1, 0.15) is 10.9 Å². The van der Waals surface area contributed by atoms with E-state index >= 15 is 0 Å². The predicted molar refractivity (Wildman–Crippen MR) is 93.3 cm³/mol. The van der Waals surface area contributed by atoms with Gasteiger partial charge in [0.05, 0.1) is 4.88 Å². The summed E-state index contributed by atoms with van der Waals surface area (Å²) in [6.07, 6.45) is 10.0. The fourth-order valence-corrected chi connectivity index (χ4v) is 4.51. The Hall–Kier alpha value is -1.77. The van der Waals surface area contributed by atoms with E-state index in [1.165, 1.54) is 42.6 Å². The Morgan fingerprint density at radius 2 is 1.82 bits per heavy atom. The quantitative estimate of drug-likeness (QED) is 0.568. The zero-order valence-corrected chi connectivity index (χ0v) is 14.1. The summed E-state index contributed by atoms with van der Waals surface area (Å²) in [5.74, 6) is 0.782. The number of thiophene rings is 2. The number of nitriles is 1. The van der Waals surface area contributed by atoms with Crippen LogP contribution in [0.15, 0.2) is 24.5 Å². The number of rotatable bonds is 6. The van der Waals surface area contributed by atoms with Crippen molar-refractivity contribution in [2.75, 3.05) is 0 Å². The van der Waals surface area contributed by atoms with Crippen LogP contribution in [0.5, 0.6) is 0 Å². The standard InChI is InChI=1S/C17H17N3S2/c1-2-3-4-5-6-12-10-19-17(20-11-12)16-8-15-14(22-16)7-13(9-18)21-15/h7-8,10-11H,2-6H2,1H3. The Morgan fingerprint density at radius 1 is 1.05 bits per heavy atom. The molecule has 3 heterocycles. The first-order valence-electron chi connectivity index (χ1n) is 7.55. The molecule has 0 aromatic carbocycles. The van der Waals surface area contributed by atoms with E-state index in [0.29, 0.717) is 0 Å².